The minimum Gasteiger partial charge on any atom is -0.508 e. The second-order valence-electron chi connectivity index (χ2n) is 5.46. The fourth-order valence-electron chi connectivity index (χ4n) is 2.22. The maximum Gasteiger partial charge on any atom is 0.407 e. The average Bonchev–Trinajstić information content (AvgIpc) is 2.64. The lowest BCUT2D eigenvalue weighted by molar-refractivity contribution is -0.386. The Morgan fingerprint density at radius 2 is 1.88 bits per heavy atom. The van der Waals surface area contributed by atoms with E-state index >= 15 is 0 Å². The van der Waals surface area contributed by atoms with Crippen molar-refractivity contribution >= 4 is 11.8 Å². The summed E-state index contributed by atoms with van der Waals surface area (Å²) in [7, 11) is 0. The Kier molecular flexibility index (Phi) is 6.48. The number of nitro benzene ring substituents is 1. The van der Waals surface area contributed by atoms with Crippen LogP contribution in [0.2, 0.25) is 0 Å². The van der Waals surface area contributed by atoms with Gasteiger partial charge in [0.25, 0.3) is 5.69 Å². The number of alkyl carbamates (subject to hydrolysis) is 1. The zero-order chi connectivity index (χ0) is 19.1. The van der Waals surface area contributed by atoms with Crippen LogP contribution >= 0.6 is 0 Å². The van der Waals surface area contributed by atoms with Crippen LogP contribution in [0, 0.1) is 10.1 Å². The first kappa shape index (κ1) is 19.2. The number of hydrogen-bond acceptors (Lipinski definition) is 7. The highest BCUT2D eigenvalue weighted by atomic mass is 16.6. The van der Waals surface area contributed by atoms with Crippen LogP contribution in [0.15, 0.2) is 48.5 Å². The monoisotopic (exact) mass is 362 g/mol. The molecule has 0 saturated carbocycles. The number of amides is 1. The zero-order valence-corrected chi connectivity index (χ0v) is 13.6. The Bertz CT molecular complexity index is 767. The Hall–Kier alpha value is -3.17. The molecular weight excluding hydrogens is 344 g/mol. The second-order valence-corrected chi connectivity index (χ2v) is 5.46. The Morgan fingerprint density at radius 3 is 2.54 bits per heavy atom. The maximum atomic E-state index is 11.6. The molecule has 26 heavy (non-hydrogen) atoms. The van der Waals surface area contributed by atoms with Crippen LogP contribution in [0.3, 0.4) is 0 Å². The summed E-state index contributed by atoms with van der Waals surface area (Å²) < 4.78 is 4.96. The quantitative estimate of drug-likeness (QED) is 0.433. The molecule has 0 aliphatic rings. The number of ether oxygens (including phenoxy) is 1. The molecule has 2 aromatic rings. The summed E-state index contributed by atoms with van der Waals surface area (Å²) in [5.41, 5.74) is 0.0610. The lowest BCUT2D eigenvalue weighted by atomic mass is 10.0. The smallest absolute Gasteiger partial charge is 0.407 e. The van der Waals surface area contributed by atoms with E-state index in [-0.39, 0.29) is 24.5 Å². The van der Waals surface area contributed by atoms with E-state index in [0.717, 1.165) is 23.8 Å². The van der Waals surface area contributed by atoms with E-state index in [1.807, 2.05) is 6.07 Å². The first-order chi connectivity index (χ1) is 12.4. The van der Waals surface area contributed by atoms with E-state index in [9.17, 15) is 30.2 Å². The third kappa shape index (κ3) is 5.16. The number of benzene rings is 2. The van der Waals surface area contributed by atoms with Crippen LogP contribution < -0.4 is 5.32 Å². The highest BCUT2D eigenvalue weighted by molar-refractivity contribution is 5.67. The fourth-order valence-corrected chi connectivity index (χ4v) is 2.22. The van der Waals surface area contributed by atoms with Gasteiger partial charge in [0.1, 0.15) is 24.6 Å². The van der Waals surface area contributed by atoms with Crippen molar-refractivity contribution in [2.24, 2.45) is 0 Å². The number of rotatable bonds is 7. The van der Waals surface area contributed by atoms with Crippen molar-refractivity contribution in [3.8, 4) is 5.75 Å². The summed E-state index contributed by atoms with van der Waals surface area (Å²) in [6.07, 6.45) is -3.95. The van der Waals surface area contributed by atoms with Gasteiger partial charge in [-0.2, -0.15) is 0 Å². The molecule has 0 aromatic heterocycles. The molecule has 0 radical (unpaired) electrons. The molecule has 9 nitrogen and oxygen atoms in total. The number of phenolic OH excluding ortho intramolecular Hbond substituents is 1. The number of nitro groups is 1. The van der Waals surface area contributed by atoms with Crippen molar-refractivity contribution in [2.45, 2.75) is 18.8 Å². The average molecular weight is 362 g/mol. The molecule has 2 rings (SSSR count). The summed E-state index contributed by atoms with van der Waals surface area (Å²) in [6.45, 7) is -0.346. The Labute approximate surface area is 148 Å². The fraction of sp³-hybridized carbons (Fsp3) is 0.235. The molecule has 9 heteroatoms. The van der Waals surface area contributed by atoms with Crippen LogP contribution in [-0.2, 0) is 11.3 Å². The van der Waals surface area contributed by atoms with Gasteiger partial charge in [0.2, 0.25) is 0 Å². The van der Waals surface area contributed by atoms with Crippen LogP contribution in [0.1, 0.15) is 17.2 Å². The molecule has 0 aliphatic carbocycles. The molecule has 0 bridgehead atoms. The first-order valence-electron chi connectivity index (χ1n) is 7.66. The standard InChI is InChI=1S/C17H18N2O7/c20-12-6-7-13(14(8-12)19(24)25)16(22)15(21)9-18-17(23)26-10-11-4-2-1-3-5-11/h1-8,15-16,20-22H,9-10H2,(H,18,23). The van der Waals surface area contributed by atoms with Gasteiger partial charge in [0.15, 0.2) is 0 Å². The largest absolute Gasteiger partial charge is 0.508 e. The molecule has 2 unspecified atom stereocenters. The molecule has 0 saturated heterocycles. The second kappa shape index (κ2) is 8.79. The van der Waals surface area contributed by atoms with E-state index in [4.69, 9.17) is 4.74 Å². The maximum absolute atomic E-state index is 11.6. The molecule has 2 atom stereocenters. The first-order valence-corrected chi connectivity index (χ1v) is 7.66. The van der Waals surface area contributed by atoms with Gasteiger partial charge < -0.3 is 25.4 Å². The van der Waals surface area contributed by atoms with Crippen LogP contribution in [0.4, 0.5) is 10.5 Å². The molecule has 4 N–H and O–H groups in total. The van der Waals surface area contributed by atoms with Crippen LogP contribution in [0.5, 0.6) is 5.75 Å². The van der Waals surface area contributed by atoms with Gasteiger partial charge >= 0.3 is 6.09 Å². The zero-order valence-electron chi connectivity index (χ0n) is 13.6. The lowest BCUT2D eigenvalue weighted by Crippen LogP contribution is -2.36. The van der Waals surface area contributed by atoms with E-state index in [0.29, 0.717) is 0 Å². The number of carbonyl (C=O) groups is 1. The van der Waals surface area contributed by atoms with Gasteiger partial charge in [-0.1, -0.05) is 30.3 Å². The van der Waals surface area contributed by atoms with Crippen LogP contribution in [-0.4, -0.2) is 39.0 Å². The van der Waals surface area contributed by atoms with Crippen molar-refractivity contribution in [3.05, 3.63) is 69.8 Å². The highest BCUT2D eigenvalue weighted by Crippen LogP contribution is 2.30. The summed E-state index contributed by atoms with van der Waals surface area (Å²) in [5, 5.41) is 42.7. The summed E-state index contributed by atoms with van der Waals surface area (Å²) in [6, 6.07) is 12.1. The number of hydrogen-bond donors (Lipinski definition) is 4. The van der Waals surface area contributed by atoms with E-state index in [1.54, 1.807) is 24.3 Å². The van der Waals surface area contributed by atoms with E-state index < -0.39 is 28.9 Å². The third-order valence-electron chi connectivity index (χ3n) is 3.56. The number of aromatic hydroxyl groups is 1. The van der Waals surface area contributed by atoms with Crippen molar-refractivity contribution in [3.63, 3.8) is 0 Å². The number of carbonyl (C=O) groups excluding carboxylic acids is 1. The Morgan fingerprint density at radius 1 is 1.19 bits per heavy atom. The minimum absolute atomic E-state index is 0.0365. The molecular formula is C17H18N2O7. The molecule has 1 amide bonds. The van der Waals surface area contributed by atoms with E-state index in [1.165, 1.54) is 0 Å². The van der Waals surface area contributed by atoms with Gasteiger partial charge in [-0.05, 0) is 17.7 Å². The predicted octanol–water partition coefficient (Wildman–Crippen LogP) is 1.62. The summed E-state index contributed by atoms with van der Waals surface area (Å²) in [5.74, 6) is -0.343. The molecule has 0 aliphatic heterocycles. The van der Waals surface area contributed by atoms with Gasteiger partial charge in [0.05, 0.1) is 16.6 Å². The summed E-state index contributed by atoms with van der Waals surface area (Å²) >= 11 is 0. The predicted molar refractivity (Wildman–Crippen MR) is 90.4 cm³/mol. The topological polar surface area (TPSA) is 142 Å². The number of nitrogens with zero attached hydrogens (tertiary/aromatic N) is 1. The molecule has 0 fully saturated rings. The van der Waals surface area contributed by atoms with Crippen LogP contribution in [0.25, 0.3) is 0 Å². The Balaban J connectivity index is 1.90. The van der Waals surface area contributed by atoms with Gasteiger partial charge in [0, 0.05) is 6.54 Å². The molecule has 0 spiro atoms. The highest BCUT2D eigenvalue weighted by Gasteiger charge is 2.27. The van der Waals surface area contributed by atoms with Gasteiger partial charge in [-0.15, -0.1) is 0 Å². The molecule has 0 heterocycles. The van der Waals surface area contributed by atoms with Crippen molar-refractivity contribution in [2.75, 3.05) is 6.54 Å². The van der Waals surface area contributed by atoms with Gasteiger partial charge in [-0.25, -0.2) is 4.79 Å². The van der Waals surface area contributed by atoms with Gasteiger partial charge in [-0.3, -0.25) is 10.1 Å². The van der Waals surface area contributed by atoms with Crippen molar-refractivity contribution < 1.29 is 29.8 Å². The SMILES string of the molecule is O=C(NCC(O)C(O)c1ccc(O)cc1[N+](=O)[O-])OCc1ccccc1. The number of phenols is 1. The molecule has 138 valence electrons. The normalized spacial score (nSPS) is 12.8. The van der Waals surface area contributed by atoms with Crippen molar-refractivity contribution in [1.82, 2.24) is 5.32 Å². The minimum atomic E-state index is -1.63. The summed E-state index contributed by atoms with van der Waals surface area (Å²) in [4.78, 5) is 21.8. The third-order valence-corrected chi connectivity index (χ3v) is 3.56. The lowest BCUT2D eigenvalue weighted by Gasteiger charge is -2.18. The number of aliphatic hydroxyl groups is 2. The van der Waals surface area contributed by atoms with Crippen molar-refractivity contribution in [1.29, 1.82) is 0 Å². The number of nitrogens with one attached hydrogen (secondary N) is 1. The number of aliphatic hydroxyl groups excluding tert-OH is 2. The molecule has 2 aromatic carbocycles. The van der Waals surface area contributed by atoms with E-state index in [2.05, 4.69) is 5.32 Å².